The van der Waals surface area contributed by atoms with E-state index in [1.807, 2.05) is 6.07 Å². The Morgan fingerprint density at radius 1 is 0.970 bits per heavy atom. The highest BCUT2D eigenvalue weighted by Crippen LogP contribution is 2.35. The van der Waals surface area contributed by atoms with Gasteiger partial charge in [-0.05, 0) is 55.8 Å². The number of rotatable bonds is 8. The third-order valence-electron chi connectivity index (χ3n) is 6.56. The van der Waals surface area contributed by atoms with Crippen LogP contribution in [0.3, 0.4) is 0 Å². The van der Waals surface area contributed by atoms with Gasteiger partial charge in [0.15, 0.2) is 5.16 Å². The summed E-state index contributed by atoms with van der Waals surface area (Å²) in [5.74, 6) is 1.59. The van der Waals surface area contributed by atoms with Crippen LogP contribution >= 0.6 is 23.1 Å². The average Bonchev–Trinajstić information content (AvgIpc) is 3.61. The summed E-state index contributed by atoms with van der Waals surface area (Å²) in [7, 11) is 0. The molecule has 2 aliphatic rings. The molecule has 5 rings (SSSR count). The van der Waals surface area contributed by atoms with E-state index in [-0.39, 0.29) is 11.9 Å². The highest BCUT2D eigenvalue weighted by Gasteiger charge is 2.30. The Kier molecular flexibility index (Phi) is 7.43. The highest BCUT2D eigenvalue weighted by atomic mass is 32.2. The molecule has 3 aromatic rings. The van der Waals surface area contributed by atoms with Crippen molar-refractivity contribution in [1.29, 1.82) is 0 Å². The molecule has 4 heterocycles. The number of carbonyl (C=O) groups excluding carboxylic acids is 1. The van der Waals surface area contributed by atoms with Gasteiger partial charge in [0.1, 0.15) is 5.82 Å². The van der Waals surface area contributed by atoms with Crippen molar-refractivity contribution < 1.29 is 4.79 Å². The largest absolute Gasteiger partial charge is 0.334 e. The molecular weight excluding hydrogens is 450 g/mol. The first-order valence-corrected chi connectivity index (χ1v) is 13.8. The molecule has 0 radical (unpaired) electrons. The summed E-state index contributed by atoms with van der Waals surface area (Å²) in [5.41, 5.74) is 1.22. The van der Waals surface area contributed by atoms with E-state index in [0.717, 1.165) is 56.5 Å². The monoisotopic (exact) mass is 481 g/mol. The summed E-state index contributed by atoms with van der Waals surface area (Å²) in [6.45, 7) is 4.64. The van der Waals surface area contributed by atoms with Gasteiger partial charge < -0.3 is 9.47 Å². The van der Waals surface area contributed by atoms with Gasteiger partial charge in [-0.15, -0.1) is 21.5 Å². The van der Waals surface area contributed by atoms with E-state index in [9.17, 15) is 4.79 Å². The standard InChI is InChI=1S/C25H31N5OS2/c31-24(29-15-7-11-21(29)22-12-8-16-32-22)19-33-25-27-26-23(18-28-13-5-2-6-14-28)30(25)17-20-9-3-1-4-10-20/h1,3-4,8-10,12,16,21H,2,5-7,11,13-15,17-19H2. The normalized spacial score (nSPS) is 19.3. The van der Waals surface area contributed by atoms with Gasteiger partial charge in [-0.1, -0.05) is 54.6 Å². The van der Waals surface area contributed by atoms with Gasteiger partial charge in [-0.25, -0.2) is 0 Å². The molecule has 1 aromatic carbocycles. The van der Waals surface area contributed by atoms with E-state index in [2.05, 4.69) is 66.3 Å². The molecule has 0 N–H and O–H groups in total. The molecule has 2 aromatic heterocycles. The minimum absolute atomic E-state index is 0.197. The zero-order valence-electron chi connectivity index (χ0n) is 18.9. The molecule has 0 spiro atoms. The van der Waals surface area contributed by atoms with E-state index < -0.39 is 0 Å². The van der Waals surface area contributed by atoms with Crippen molar-refractivity contribution in [1.82, 2.24) is 24.6 Å². The number of nitrogens with zero attached hydrogens (tertiary/aromatic N) is 5. The maximum atomic E-state index is 13.2. The van der Waals surface area contributed by atoms with Crippen molar-refractivity contribution in [2.45, 2.75) is 56.4 Å². The number of amides is 1. The van der Waals surface area contributed by atoms with Gasteiger partial charge in [-0.2, -0.15) is 0 Å². The summed E-state index contributed by atoms with van der Waals surface area (Å²) in [4.78, 5) is 19.0. The van der Waals surface area contributed by atoms with Crippen molar-refractivity contribution in [3.05, 3.63) is 64.1 Å². The highest BCUT2D eigenvalue weighted by molar-refractivity contribution is 7.99. The van der Waals surface area contributed by atoms with Crippen LogP contribution in [0.4, 0.5) is 0 Å². The topological polar surface area (TPSA) is 54.3 Å². The van der Waals surface area contributed by atoms with Gasteiger partial charge in [0.2, 0.25) is 5.91 Å². The quantitative estimate of drug-likeness (QED) is 0.432. The van der Waals surface area contributed by atoms with Crippen molar-refractivity contribution in [3.8, 4) is 0 Å². The fourth-order valence-electron chi connectivity index (χ4n) is 4.84. The van der Waals surface area contributed by atoms with Crippen LogP contribution in [0.2, 0.25) is 0 Å². The molecule has 1 atom stereocenters. The zero-order chi connectivity index (χ0) is 22.5. The van der Waals surface area contributed by atoms with E-state index in [0.29, 0.717) is 5.75 Å². The summed E-state index contributed by atoms with van der Waals surface area (Å²) in [6, 6.07) is 14.9. The predicted molar refractivity (Wildman–Crippen MR) is 133 cm³/mol. The van der Waals surface area contributed by atoms with Crippen molar-refractivity contribution in [2.75, 3.05) is 25.4 Å². The van der Waals surface area contributed by atoms with Crippen molar-refractivity contribution >= 4 is 29.0 Å². The number of hydrogen-bond donors (Lipinski definition) is 0. The first kappa shape index (κ1) is 22.6. The Hall–Kier alpha value is -2.16. The number of carbonyl (C=O) groups is 1. The molecule has 8 heteroatoms. The van der Waals surface area contributed by atoms with Gasteiger partial charge >= 0.3 is 0 Å². The number of piperidine rings is 1. The molecule has 1 unspecified atom stereocenters. The third kappa shape index (κ3) is 5.50. The average molecular weight is 482 g/mol. The number of likely N-dealkylation sites (tertiary alicyclic amines) is 2. The second-order valence-corrected chi connectivity index (χ2v) is 10.8. The van der Waals surface area contributed by atoms with Crippen molar-refractivity contribution in [3.63, 3.8) is 0 Å². The molecule has 0 aliphatic carbocycles. The lowest BCUT2D eigenvalue weighted by Crippen LogP contribution is -2.31. The van der Waals surface area contributed by atoms with E-state index >= 15 is 0 Å². The minimum Gasteiger partial charge on any atom is -0.334 e. The van der Waals surface area contributed by atoms with Gasteiger partial charge in [0.05, 0.1) is 24.9 Å². The summed E-state index contributed by atoms with van der Waals surface area (Å²) in [6.07, 6.45) is 5.96. The Morgan fingerprint density at radius 2 is 1.82 bits per heavy atom. The van der Waals surface area contributed by atoms with Crippen LogP contribution in [-0.4, -0.2) is 55.9 Å². The molecule has 2 saturated heterocycles. The molecule has 174 valence electrons. The smallest absolute Gasteiger partial charge is 0.233 e. The van der Waals surface area contributed by atoms with Gasteiger partial charge in [0, 0.05) is 11.4 Å². The molecule has 6 nitrogen and oxygen atoms in total. The van der Waals surface area contributed by atoms with E-state index in [4.69, 9.17) is 0 Å². The fraction of sp³-hybridized carbons (Fsp3) is 0.480. The lowest BCUT2D eigenvalue weighted by atomic mass is 10.1. The van der Waals surface area contributed by atoms with Crippen LogP contribution in [0.1, 0.15) is 54.4 Å². The second kappa shape index (κ2) is 10.8. The molecule has 0 bridgehead atoms. The summed E-state index contributed by atoms with van der Waals surface area (Å²) in [5, 5.41) is 12.0. The SMILES string of the molecule is O=C(CSc1nnc(CN2CCCCC2)n1Cc1ccccc1)N1CCCC1c1cccs1. The van der Waals surface area contributed by atoms with Crippen molar-refractivity contribution in [2.24, 2.45) is 0 Å². The number of aromatic nitrogens is 3. The maximum absolute atomic E-state index is 13.2. The molecule has 2 aliphatic heterocycles. The molecule has 1 amide bonds. The van der Waals surface area contributed by atoms with Crippen LogP contribution in [0, 0.1) is 0 Å². The first-order chi connectivity index (χ1) is 16.3. The number of benzene rings is 1. The number of thioether (sulfide) groups is 1. The summed E-state index contributed by atoms with van der Waals surface area (Å²) >= 11 is 3.27. The van der Waals surface area contributed by atoms with E-state index in [1.165, 1.54) is 41.5 Å². The second-order valence-electron chi connectivity index (χ2n) is 8.86. The van der Waals surface area contributed by atoms with Crippen LogP contribution in [0.15, 0.2) is 53.0 Å². The Bertz CT molecular complexity index is 1030. The molecule has 33 heavy (non-hydrogen) atoms. The number of hydrogen-bond acceptors (Lipinski definition) is 6. The zero-order valence-corrected chi connectivity index (χ0v) is 20.6. The predicted octanol–water partition coefficient (Wildman–Crippen LogP) is 4.83. The van der Waals surface area contributed by atoms with Gasteiger partial charge in [0.25, 0.3) is 0 Å². The minimum atomic E-state index is 0.197. The molecule has 2 fully saturated rings. The Morgan fingerprint density at radius 3 is 2.61 bits per heavy atom. The maximum Gasteiger partial charge on any atom is 0.233 e. The van der Waals surface area contributed by atoms with E-state index in [1.54, 1.807) is 11.3 Å². The third-order valence-corrected chi connectivity index (χ3v) is 8.49. The van der Waals surface area contributed by atoms with Crippen LogP contribution in [0.5, 0.6) is 0 Å². The summed E-state index contributed by atoms with van der Waals surface area (Å²) < 4.78 is 2.21. The molecular formula is C25H31N5OS2. The lowest BCUT2D eigenvalue weighted by Gasteiger charge is -2.26. The first-order valence-electron chi connectivity index (χ1n) is 11.9. The molecule has 0 saturated carbocycles. The fourth-order valence-corrected chi connectivity index (χ4v) is 6.55. The lowest BCUT2D eigenvalue weighted by molar-refractivity contribution is -0.129. The van der Waals surface area contributed by atoms with Gasteiger partial charge in [-0.3, -0.25) is 9.69 Å². The Balaban J connectivity index is 1.30. The number of thiophene rings is 1. The Labute approximate surface area is 204 Å². The van der Waals surface area contributed by atoms with Crippen LogP contribution < -0.4 is 0 Å². The van der Waals surface area contributed by atoms with Crippen LogP contribution in [0.25, 0.3) is 0 Å². The van der Waals surface area contributed by atoms with Crippen LogP contribution in [-0.2, 0) is 17.9 Å².